The minimum absolute atomic E-state index is 0.0519. The first-order chi connectivity index (χ1) is 11.2. The Bertz CT molecular complexity index is 636. The van der Waals surface area contributed by atoms with Crippen LogP contribution in [0.2, 0.25) is 0 Å². The number of piperidine rings is 1. The summed E-state index contributed by atoms with van der Waals surface area (Å²) in [5.74, 6) is 0.649. The van der Waals surface area contributed by atoms with E-state index in [1.807, 2.05) is 35.6 Å². The van der Waals surface area contributed by atoms with E-state index in [4.69, 9.17) is 0 Å². The van der Waals surface area contributed by atoms with Gasteiger partial charge in [-0.1, -0.05) is 18.2 Å². The average molecular weight is 440 g/mol. The molecule has 3 nitrogen and oxygen atoms in total. The van der Waals surface area contributed by atoms with E-state index < -0.39 is 0 Å². The molecule has 1 aliphatic rings. The Morgan fingerprint density at radius 2 is 2.00 bits per heavy atom. The van der Waals surface area contributed by atoms with Gasteiger partial charge in [0.2, 0.25) is 0 Å². The highest BCUT2D eigenvalue weighted by Crippen LogP contribution is 2.20. The number of carbonyl (C=O) groups is 1. The molecule has 2 aromatic rings. The number of rotatable bonds is 5. The third kappa shape index (κ3) is 4.78. The van der Waals surface area contributed by atoms with Crippen molar-refractivity contribution in [2.75, 3.05) is 19.6 Å². The molecule has 1 fully saturated rings. The van der Waals surface area contributed by atoms with E-state index in [2.05, 4.69) is 50.3 Å². The van der Waals surface area contributed by atoms with Crippen molar-refractivity contribution in [3.05, 3.63) is 55.8 Å². The molecule has 1 aromatic heterocycles. The number of nitrogens with zero attached hydrogens (tertiary/aromatic N) is 1. The fraction of sp³-hybridized carbons (Fsp3) is 0.389. The molecule has 0 unspecified atom stereocenters. The predicted molar refractivity (Wildman–Crippen MR) is 104 cm³/mol. The van der Waals surface area contributed by atoms with Gasteiger partial charge in [0.25, 0.3) is 5.91 Å². The molecule has 0 radical (unpaired) electrons. The minimum Gasteiger partial charge on any atom is -0.352 e. The summed E-state index contributed by atoms with van der Waals surface area (Å²) in [6.45, 7) is 4.11. The van der Waals surface area contributed by atoms with Gasteiger partial charge in [0.1, 0.15) is 0 Å². The first kappa shape index (κ1) is 16.9. The van der Waals surface area contributed by atoms with Gasteiger partial charge in [-0.3, -0.25) is 9.69 Å². The number of carbonyl (C=O) groups excluding carboxylic acids is 1. The van der Waals surface area contributed by atoms with E-state index >= 15 is 0 Å². The van der Waals surface area contributed by atoms with Crippen molar-refractivity contribution in [3.8, 4) is 0 Å². The zero-order chi connectivity index (χ0) is 16.1. The van der Waals surface area contributed by atoms with Crippen molar-refractivity contribution >= 4 is 39.8 Å². The normalized spacial score (nSPS) is 16.4. The minimum atomic E-state index is 0.0519. The highest BCUT2D eigenvalue weighted by molar-refractivity contribution is 14.1. The Morgan fingerprint density at radius 1 is 1.22 bits per heavy atom. The second-order valence-electron chi connectivity index (χ2n) is 5.99. The lowest BCUT2D eigenvalue weighted by atomic mass is 9.96. The van der Waals surface area contributed by atoms with Gasteiger partial charge in [0.15, 0.2) is 0 Å². The van der Waals surface area contributed by atoms with Crippen LogP contribution in [-0.2, 0) is 6.54 Å². The van der Waals surface area contributed by atoms with Gasteiger partial charge in [0.05, 0.1) is 5.56 Å². The molecule has 1 saturated heterocycles. The van der Waals surface area contributed by atoms with E-state index in [1.54, 1.807) is 0 Å². The molecule has 0 saturated carbocycles. The van der Waals surface area contributed by atoms with Crippen LogP contribution < -0.4 is 5.32 Å². The number of benzene rings is 1. The first-order valence-electron chi connectivity index (χ1n) is 8.00. The third-order valence-corrected chi connectivity index (χ3v) is 6.14. The van der Waals surface area contributed by atoms with Gasteiger partial charge in [0, 0.05) is 21.5 Å². The molecule has 1 N–H and O–H groups in total. The van der Waals surface area contributed by atoms with Crippen molar-refractivity contribution < 1.29 is 4.79 Å². The smallest absolute Gasteiger partial charge is 0.252 e. The van der Waals surface area contributed by atoms with Crippen LogP contribution in [0.5, 0.6) is 0 Å². The number of nitrogens with one attached hydrogen (secondary N) is 1. The second-order valence-corrected chi connectivity index (χ2v) is 8.18. The number of amides is 1. The Morgan fingerprint density at radius 3 is 2.70 bits per heavy atom. The van der Waals surface area contributed by atoms with Crippen LogP contribution in [0.3, 0.4) is 0 Å². The molecule has 5 heteroatoms. The van der Waals surface area contributed by atoms with Crippen LogP contribution in [-0.4, -0.2) is 30.4 Å². The number of hydrogen-bond acceptors (Lipinski definition) is 3. The Kier molecular flexibility index (Phi) is 6.08. The zero-order valence-corrected chi connectivity index (χ0v) is 16.0. The van der Waals surface area contributed by atoms with E-state index in [0.717, 1.165) is 48.2 Å². The van der Waals surface area contributed by atoms with Crippen molar-refractivity contribution in [3.63, 3.8) is 0 Å². The molecule has 0 aliphatic carbocycles. The summed E-state index contributed by atoms with van der Waals surface area (Å²) in [4.78, 5) is 16.2. The molecule has 0 bridgehead atoms. The van der Waals surface area contributed by atoms with Crippen molar-refractivity contribution in [2.24, 2.45) is 5.92 Å². The monoisotopic (exact) mass is 440 g/mol. The van der Waals surface area contributed by atoms with Crippen molar-refractivity contribution in [1.29, 1.82) is 0 Å². The van der Waals surface area contributed by atoms with E-state index in [9.17, 15) is 4.79 Å². The lowest BCUT2D eigenvalue weighted by Crippen LogP contribution is -2.38. The van der Waals surface area contributed by atoms with Gasteiger partial charge in [-0.05, 0) is 78.0 Å². The van der Waals surface area contributed by atoms with Gasteiger partial charge >= 0.3 is 0 Å². The molecule has 2 heterocycles. The highest BCUT2D eigenvalue weighted by Gasteiger charge is 2.20. The molecule has 1 amide bonds. The van der Waals surface area contributed by atoms with E-state index in [1.165, 1.54) is 4.88 Å². The quantitative estimate of drug-likeness (QED) is 0.714. The van der Waals surface area contributed by atoms with Gasteiger partial charge in [-0.2, -0.15) is 0 Å². The maximum atomic E-state index is 12.3. The van der Waals surface area contributed by atoms with Crippen LogP contribution >= 0.6 is 33.9 Å². The summed E-state index contributed by atoms with van der Waals surface area (Å²) in [7, 11) is 0. The standard InChI is InChI=1S/C18H21IN2OS/c19-17-6-2-1-5-16(17)18(22)20-12-14-7-9-21(10-8-14)13-15-4-3-11-23-15/h1-6,11,14H,7-10,12-13H2,(H,20,22). The predicted octanol–water partition coefficient (Wildman–Crippen LogP) is 3.99. The Balaban J connectivity index is 1.42. The van der Waals surface area contributed by atoms with E-state index in [-0.39, 0.29) is 5.91 Å². The van der Waals surface area contributed by atoms with Gasteiger partial charge < -0.3 is 5.32 Å². The van der Waals surface area contributed by atoms with Crippen LogP contribution in [0.4, 0.5) is 0 Å². The molecule has 0 atom stereocenters. The van der Waals surface area contributed by atoms with Crippen LogP contribution in [0, 0.1) is 9.49 Å². The van der Waals surface area contributed by atoms with Crippen LogP contribution in [0.15, 0.2) is 41.8 Å². The second kappa shape index (κ2) is 8.26. The van der Waals surface area contributed by atoms with Gasteiger partial charge in [-0.15, -0.1) is 11.3 Å². The fourth-order valence-electron chi connectivity index (χ4n) is 2.95. The summed E-state index contributed by atoms with van der Waals surface area (Å²) in [5, 5.41) is 5.25. The van der Waals surface area contributed by atoms with Crippen molar-refractivity contribution in [1.82, 2.24) is 10.2 Å². The molecule has 1 aliphatic heterocycles. The summed E-state index contributed by atoms with van der Waals surface area (Å²) in [6.07, 6.45) is 2.33. The maximum absolute atomic E-state index is 12.3. The Hall–Kier alpha value is -0.920. The third-order valence-electron chi connectivity index (χ3n) is 4.34. The van der Waals surface area contributed by atoms with Crippen LogP contribution in [0.25, 0.3) is 0 Å². The number of likely N-dealkylation sites (tertiary alicyclic amines) is 1. The molecule has 23 heavy (non-hydrogen) atoms. The first-order valence-corrected chi connectivity index (χ1v) is 9.95. The summed E-state index contributed by atoms with van der Waals surface area (Å²) >= 11 is 4.05. The molecule has 122 valence electrons. The largest absolute Gasteiger partial charge is 0.352 e. The Labute approximate surface area is 155 Å². The van der Waals surface area contributed by atoms with Crippen molar-refractivity contribution in [2.45, 2.75) is 19.4 Å². The van der Waals surface area contributed by atoms with Crippen LogP contribution in [0.1, 0.15) is 28.1 Å². The molecule has 3 rings (SSSR count). The average Bonchev–Trinajstić information content (AvgIpc) is 3.07. The number of hydrogen-bond donors (Lipinski definition) is 1. The van der Waals surface area contributed by atoms with E-state index in [0.29, 0.717) is 5.92 Å². The number of thiophene rings is 1. The molecular formula is C18H21IN2OS. The lowest BCUT2D eigenvalue weighted by Gasteiger charge is -2.31. The zero-order valence-electron chi connectivity index (χ0n) is 13.0. The maximum Gasteiger partial charge on any atom is 0.252 e. The number of halogens is 1. The SMILES string of the molecule is O=C(NCC1CCN(Cc2cccs2)CC1)c1ccccc1I. The summed E-state index contributed by atoms with van der Waals surface area (Å²) < 4.78 is 1.01. The molecule has 0 spiro atoms. The highest BCUT2D eigenvalue weighted by atomic mass is 127. The summed E-state index contributed by atoms with van der Waals surface area (Å²) in [6, 6.07) is 12.1. The topological polar surface area (TPSA) is 32.3 Å². The lowest BCUT2D eigenvalue weighted by molar-refractivity contribution is 0.0934. The van der Waals surface area contributed by atoms with Gasteiger partial charge in [-0.25, -0.2) is 0 Å². The summed E-state index contributed by atoms with van der Waals surface area (Å²) in [5.41, 5.74) is 0.781. The fourth-order valence-corrected chi connectivity index (χ4v) is 4.33. The molecule has 1 aromatic carbocycles. The molecular weight excluding hydrogens is 419 g/mol.